The van der Waals surface area contributed by atoms with Gasteiger partial charge in [0.05, 0.1) is 6.61 Å². The highest BCUT2D eigenvalue weighted by Crippen LogP contribution is 2.30. The first-order valence-electron chi connectivity index (χ1n) is 5.90. The van der Waals surface area contributed by atoms with Crippen molar-refractivity contribution in [2.75, 3.05) is 12.4 Å². The molecular weight excluding hydrogens is 256 g/mol. The second kappa shape index (κ2) is 6.18. The molecule has 1 aliphatic heterocycles. The number of ether oxygens (including phenoxy) is 1. The molecule has 0 aromatic heterocycles. The summed E-state index contributed by atoms with van der Waals surface area (Å²) in [6, 6.07) is 0. The van der Waals surface area contributed by atoms with Gasteiger partial charge in [0.2, 0.25) is 0 Å². The molecule has 0 spiro atoms. The van der Waals surface area contributed by atoms with E-state index >= 15 is 0 Å². The van der Waals surface area contributed by atoms with Crippen LogP contribution in [0.2, 0.25) is 0 Å². The Bertz CT molecular complexity index is 341. The van der Waals surface area contributed by atoms with Crippen molar-refractivity contribution >= 4 is 11.8 Å². The van der Waals surface area contributed by atoms with Gasteiger partial charge in [-0.15, -0.1) is 11.8 Å². The van der Waals surface area contributed by atoms with Gasteiger partial charge < -0.3 is 25.2 Å². The van der Waals surface area contributed by atoms with Crippen molar-refractivity contribution in [1.82, 2.24) is 0 Å². The number of aliphatic hydroxyl groups is 4. The first-order chi connectivity index (χ1) is 8.63. The number of hydrogen-bond donors (Lipinski definition) is 4. The molecule has 18 heavy (non-hydrogen) atoms. The van der Waals surface area contributed by atoms with Gasteiger partial charge in [-0.05, 0) is 6.42 Å². The number of rotatable bonds is 4. The average Bonchev–Trinajstić information content (AvgIpc) is 2.88. The molecule has 5 nitrogen and oxygen atoms in total. The molecule has 0 bridgehead atoms. The monoisotopic (exact) mass is 274 g/mol. The summed E-state index contributed by atoms with van der Waals surface area (Å²) in [5.41, 5.74) is 0.582. The van der Waals surface area contributed by atoms with Gasteiger partial charge in [0, 0.05) is 5.75 Å². The van der Waals surface area contributed by atoms with Crippen molar-refractivity contribution in [1.29, 1.82) is 0 Å². The number of hydrogen-bond acceptors (Lipinski definition) is 6. The van der Waals surface area contributed by atoms with E-state index in [1.165, 1.54) is 17.3 Å². The fraction of sp³-hybridized carbons (Fsp3) is 0.667. The summed E-state index contributed by atoms with van der Waals surface area (Å²) in [4.78, 5) is 0. The molecule has 0 aromatic rings. The Morgan fingerprint density at radius 1 is 1.22 bits per heavy atom. The van der Waals surface area contributed by atoms with Gasteiger partial charge in [-0.25, -0.2) is 0 Å². The van der Waals surface area contributed by atoms with Gasteiger partial charge in [0.25, 0.3) is 0 Å². The van der Waals surface area contributed by atoms with Crippen molar-refractivity contribution in [3.63, 3.8) is 0 Å². The van der Waals surface area contributed by atoms with E-state index in [1.807, 2.05) is 18.2 Å². The van der Waals surface area contributed by atoms with Gasteiger partial charge >= 0.3 is 0 Å². The summed E-state index contributed by atoms with van der Waals surface area (Å²) in [7, 11) is 0. The van der Waals surface area contributed by atoms with E-state index in [9.17, 15) is 15.3 Å². The number of thioether (sulfide) groups is 1. The highest BCUT2D eigenvalue weighted by atomic mass is 32.2. The van der Waals surface area contributed by atoms with Crippen molar-refractivity contribution < 1.29 is 25.2 Å². The topological polar surface area (TPSA) is 90.2 Å². The molecule has 6 heteroatoms. The van der Waals surface area contributed by atoms with Crippen LogP contribution in [0.3, 0.4) is 0 Å². The van der Waals surface area contributed by atoms with Crippen molar-refractivity contribution in [2.24, 2.45) is 0 Å². The molecule has 2 rings (SSSR count). The van der Waals surface area contributed by atoms with E-state index in [0.29, 0.717) is 5.75 Å². The lowest BCUT2D eigenvalue weighted by Gasteiger charge is -2.39. The van der Waals surface area contributed by atoms with Crippen LogP contribution in [0.5, 0.6) is 0 Å². The molecule has 0 radical (unpaired) electrons. The van der Waals surface area contributed by atoms with Gasteiger partial charge in [0.15, 0.2) is 0 Å². The van der Waals surface area contributed by atoms with Crippen LogP contribution in [0, 0.1) is 0 Å². The molecule has 1 heterocycles. The van der Waals surface area contributed by atoms with Crippen molar-refractivity contribution in [3.05, 3.63) is 23.8 Å². The SMILES string of the molecule is OC[C@H]1O[C@@H](SCC2=CC=CC2)[C@H](O)[C@@H](O)[C@@H]1O. The lowest BCUT2D eigenvalue weighted by atomic mass is 10.0. The minimum Gasteiger partial charge on any atom is -0.394 e. The summed E-state index contributed by atoms with van der Waals surface area (Å²) < 4.78 is 5.40. The predicted molar refractivity (Wildman–Crippen MR) is 68.1 cm³/mol. The van der Waals surface area contributed by atoms with E-state index in [1.54, 1.807) is 0 Å². The quantitative estimate of drug-likeness (QED) is 0.548. The molecule has 0 saturated carbocycles. The third-order valence-electron chi connectivity index (χ3n) is 3.13. The van der Waals surface area contributed by atoms with Crippen LogP contribution in [0.4, 0.5) is 0 Å². The minimum atomic E-state index is -1.29. The van der Waals surface area contributed by atoms with E-state index < -0.39 is 29.9 Å². The standard InChI is InChI=1S/C12H18O5S/c13-5-8-9(14)10(15)11(16)12(17-8)18-6-7-3-1-2-4-7/h1-3,8-16H,4-6H2/t8-,9-,10+,11-,12+/m1/s1. The van der Waals surface area contributed by atoms with Crippen molar-refractivity contribution in [2.45, 2.75) is 36.3 Å². The lowest BCUT2D eigenvalue weighted by Crippen LogP contribution is -2.57. The van der Waals surface area contributed by atoms with Crippen LogP contribution >= 0.6 is 11.8 Å². The number of aliphatic hydroxyl groups excluding tert-OH is 4. The van der Waals surface area contributed by atoms with E-state index in [0.717, 1.165) is 6.42 Å². The third-order valence-corrected chi connectivity index (χ3v) is 4.39. The normalized spacial score (nSPS) is 40.0. The second-order valence-electron chi connectivity index (χ2n) is 4.47. The highest BCUT2D eigenvalue weighted by molar-refractivity contribution is 8.00. The minimum absolute atomic E-state index is 0.383. The summed E-state index contributed by atoms with van der Waals surface area (Å²) in [6.45, 7) is -0.383. The smallest absolute Gasteiger partial charge is 0.132 e. The Balaban J connectivity index is 1.90. The molecule has 1 aliphatic carbocycles. The summed E-state index contributed by atoms with van der Waals surface area (Å²) >= 11 is 1.36. The van der Waals surface area contributed by atoms with Crippen LogP contribution in [0.15, 0.2) is 23.8 Å². The van der Waals surface area contributed by atoms with E-state index in [4.69, 9.17) is 9.84 Å². The Morgan fingerprint density at radius 2 is 2.00 bits per heavy atom. The van der Waals surface area contributed by atoms with Crippen LogP contribution in [0.25, 0.3) is 0 Å². The first kappa shape index (κ1) is 14.0. The Morgan fingerprint density at radius 3 is 2.61 bits per heavy atom. The first-order valence-corrected chi connectivity index (χ1v) is 6.95. The predicted octanol–water partition coefficient (Wildman–Crippen LogP) is -0.594. The van der Waals surface area contributed by atoms with Crippen LogP contribution < -0.4 is 0 Å². The Kier molecular flexibility index (Phi) is 4.83. The fourth-order valence-electron chi connectivity index (χ4n) is 1.99. The zero-order chi connectivity index (χ0) is 13.1. The van der Waals surface area contributed by atoms with E-state index in [-0.39, 0.29) is 6.61 Å². The molecule has 4 N–H and O–H groups in total. The zero-order valence-corrected chi connectivity index (χ0v) is 10.7. The second-order valence-corrected chi connectivity index (χ2v) is 5.55. The highest BCUT2D eigenvalue weighted by Gasteiger charge is 2.43. The maximum Gasteiger partial charge on any atom is 0.132 e. The van der Waals surface area contributed by atoms with Gasteiger partial charge in [-0.3, -0.25) is 0 Å². The molecule has 0 aromatic carbocycles. The zero-order valence-electron chi connectivity index (χ0n) is 9.85. The van der Waals surface area contributed by atoms with Crippen LogP contribution in [-0.4, -0.2) is 62.6 Å². The molecule has 5 atom stereocenters. The molecule has 0 amide bonds. The van der Waals surface area contributed by atoms with E-state index in [2.05, 4.69) is 0 Å². The van der Waals surface area contributed by atoms with Crippen LogP contribution in [0.1, 0.15) is 6.42 Å². The molecule has 2 aliphatic rings. The summed E-state index contributed by atoms with van der Waals surface area (Å²) in [5, 5.41) is 38.1. The van der Waals surface area contributed by atoms with Gasteiger partial charge in [0.1, 0.15) is 29.9 Å². The molecule has 102 valence electrons. The molecular formula is C12H18O5S. The molecule has 1 saturated heterocycles. The Hall–Kier alpha value is -0.370. The summed E-state index contributed by atoms with van der Waals surface area (Å²) in [6.07, 6.45) is 2.38. The summed E-state index contributed by atoms with van der Waals surface area (Å²) in [5.74, 6) is 0.690. The average molecular weight is 274 g/mol. The lowest BCUT2D eigenvalue weighted by molar-refractivity contribution is -0.205. The number of allylic oxidation sites excluding steroid dienone is 3. The third kappa shape index (κ3) is 2.96. The van der Waals surface area contributed by atoms with Crippen molar-refractivity contribution in [3.8, 4) is 0 Å². The maximum atomic E-state index is 9.82. The van der Waals surface area contributed by atoms with Crippen LogP contribution in [-0.2, 0) is 4.74 Å². The molecule has 0 unspecified atom stereocenters. The fourth-order valence-corrected chi connectivity index (χ4v) is 3.16. The maximum absolute atomic E-state index is 9.82. The molecule has 1 fully saturated rings. The largest absolute Gasteiger partial charge is 0.394 e. The Labute approximate surface area is 110 Å². The van der Waals surface area contributed by atoms with Gasteiger partial charge in [-0.2, -0.15) is 0 Å². The van der Waals surface area contributed by atoms with Gasteiger partial charge in [-0.1, -0.05) is 23.8 Å².